The number of aliphatic hydroxyl groups is 1. The molecule has 0 spiro atoms. The van der Waals surface area contributed by atoms with E-state index in [-0.39, 0.29) is 29.9 Å². The van der Waals surface area contributed by atoms with Gasteiger partial charge in [-0.25, -0.2) is 0 Å². The van der Waals surface area contributed by atoms with Gasteiger partial charge in [0.2, 0.25) is 5.91 Å². The molecule has 1 heterocycles. The van der Waals surface area contributed by atoms with Crippen LogP contribution in [0.5, 0.6) is 0 Å². The van der Waals surface area contributed by atoms with E-state index < -0.39 is 0 Å². The van der Waals surface area contributed by atoms with Crippen LogP contribution in [0.4, 0.5) is 0 Å². The summed E-state index contributed by atoms with van der Waals surface area (Å²) >= 11 is 0. The molecule has 1 aromatic carbocycles. The van der Waals surface area contributed by atoms with E-state index in [9.17, 15) is 14.7 Å². The van der Waals surface area contributed by atoms with Crippen LogP contribution >= 0.6 is 0 Å². The van der Waals surface area contributed by atoms with Crippen molar-refractivity contribution < 1.29 is 19.4 Å². The Balaban J connectivity index is 1.62. The van der Waals surface area contributed by atoms with Crippen LogP contribution in [-0.2, 0) is 20.7 Å². The minimum Gasteiger partial charge on any atom is -0.469 e. The molecule has 0 aliphatic carbocycles. The highest BCUT2D eigenvalue weighted by molar-refractivity contribution is 5.78. The van der Waals surface area contributed by atoms with Gasteiger partial charge in [0.15, 0.2) is 0 Å². The summed E-state index contributed by atoms with van der Waals surface area (Å²) < 4.78 is 4.66. The molecule has 1 amide bonds. The largest absolute Gasteiger partial charge is 0.469 e. The van der Waals surface area contributed by atoms with Gasteiger partial charge in [-0.3, -0.25) is 9.59 Å². The number of benzene rings is 1. The normalized spacial score (nSPS) is 18.2. The Morgan fingerprint density at radius 2 is 1.87 bits per heavy atom. The molecule has 1 saturated heterocycles. The number of carbonyl (C=O) groups is 2. The molecule has 1 aromatic rings. The Labute approximate surface area is 188 Å². The summed E-state index contributed by atoms with van der Waals surface area (Å²) in [6.45, 7) is 2.94. The quantitative estimate of drug-likeness (QED) is 0.317. The number of rotatable bonds is 15. The third kappa shape index (κ3) is 9.42. The molecule has 5 nitrogen and oxygen atoms in total. The number of ether oxygens (including phenoxy) is 1. The minimum absolute atomic E-state index is 0.150. The third-order valence-electron chi connectivity index (χ3n) is 6.63. The van der Waals surface area contributed by atoms with E-state index in [0.29, 0.717) is 12.8 Å². The highest BCUT2D eigenvalue weighted by Gasteiger charge is 2.30. The summed E-state index contributed by atoms with van der Waals surface area (Å²) in [6.07, 6.45) is 10.4. The molecule has 3 atom stereocenters. The summed E-state index contributed by atoms with van der Waals surface area (Å²) in [4.78, 5) is 25.5. The van der Waals surface area contributed by atoms with Gasteiger partial charge in [0.05, 0.1) is 13.2 Å². The monoisotopic (exact) mass is 431 g/mol. The molecule has 174 valence electrons. The number of methoxy groups -OCH3 is 1. The second-order valence-corrected chi connectivity index (χ2v) is 9.02. The van der Waals surface area contributed by atoms with Gasteiger partial charge >= 0.3 is 5.97 Å². The molecule has 0 saturated carbocycles. The lowest BCUT2D eigenvalue weighted by atomic mass is 9.92. The van der Waals surface area contributed by atoms with Crippen LogP contribution in [0.1, 0.15) is 83.1 Å². The van der Waals surface area contributed by atoms with Gasteiger partial charge in [-0.15, -0.1) is 0 Å². The van der Waals surface area contributed by atoms with Crippen LogP contribution in [0.15, 0.2) is 30.3 Å². The van der Waals surface area contributed by atoms with Gasteiger partial charge in [0.1, 0.15) is 0 Å². The molecular formula is C26H41NO4. The molecule has 31 heavy (non-hydrogen) atoms. The standard InChI is InChI=1S/C26H41NO4/c1-21(11-10-14-22-12-6-5-7-13-22)24(28)18-16-23-17-19-25(29)27(23)20-9-4-3-8-15-26(30)31-2/h5-7,12-13,21,23-24,28H,3-4,8-11,14-20H2,1-2H3/t21-,23-,24+/m0/s1. The van der Waals surface area contributed by atoms with Crippen LogP contribution in [0.2, 0.25) is 0 Å². The number of amides is 1. The van der Waals surface area contributed by atoms with Gasteiger partial charge in [-0.2, -0.15) is 0 Å². The number of carbonyl (C=O) groups excluding carboxylic acids is 2. The third-order valence-corrected chi connectivity index (χ3v) is 6.63. The zero-order valence-corrected chi connectivity index (χ0v) is 19.4. The zero-order valence-electron chi connectivity index (χ0n) is 19.4. The van der Waals surface area contributed by atoms with E-state index in [1.807, 2.05) is 11.0 Å². The predicted octanol–water partition coefficient (Wildman–Crippen LogP) is 4.90. The fraction of sp³-hybridized carbons (Fsp3) is 0.692. The van der Waals surface area contributed by atoms with E-state index >= 15 is 0 Å². The summed E-state index contributed by atoms with van der Waals surface area (Å²) in [5, 5.41) is 10.6. The smallest absolute Gasteiger partial charge is 0.305 e. The number of aliphatic hydroxyl groups excluding tert-OH is 1. The number of hydrogen-bond donors (Lipinski definition) is 1. The lowest BCUT2D eigenvalue weighted by Crippen LogP contribution is -2.35. The van der Waals surface area contributed by atoms with Crippen LogP contribution < -0.4 is 0 Å². The van der Waals surface area contributed by atoms with Gasteiger partial charge in [-0.05, 0) is 62.8 Å². The molecule has 1 fully saturated rings. The second-order valence-electron chi connectivity index (χ2n) is 9.02. The summed E-state index contributed by atoms with van der Waals surface area (Å²) in [7, 11) is 1.42. The number of likely N-dealkylation sites (tertiary alicyclic amines) is 1. The molecule has 5 heteroatoms. The Hall–Kier alpha value is -1.88. The number of esters is 1. The molecule has 0 radical (unpaired) electrons. The average Bonchev–Trinajstić information content (AvgIpc) is 3.14. The van der Waals surface area contributed by atoms with Gasteiger partial charge in [-0.1, -0.05) is 50.1 Å². The van der Waals surface area contributed by atoms with E-state index in [2.05, 4.69) is 35.9 Å². The van der Waals surface area contributed by atoms with Gasteiger partial charge in [0.25, 0.3) is 0 Å². The van der Waals surface area contributed by atoms with Crippen LogP contribution in [-0.4, -0.2) is 47.7 Å². The molecule has 2 rings (SSSR count). The highest BCUT2D eigenvalue weighted by Crippen LogP contribution is 2.26. The van der Waals surface area contributed by atoms with Crippen molar-refractivity contribution in [2.45, 2.75) is 96.1 Å². The summed E-state index contributed by atoms with van der Waals surface area (Å²) in [5.41, 5.74) is 1.36. The number of hydrogen-bond acceptors (Lipinski definition) is 4. The van der Waals surface area contributed by atoms with Crippen molar-refractivity contribution in [1.29, 1.82) is 0 Å². The first-order valence-electron chi connectivity index (χ1n) is 12.1. The minimum atomic E-state index is -0.299. The van der Waals surface area contributed by atoms with E-state index in [1.54, 1.807) is 0 Å². The number of nitrogens with zero attached hydrogens (tertiary/aromatic N) is 1. The predicted molar refractivity (Wildman–Crippen MR) is 124 cm³/mol. The SMILES string of the molecule is COC(=O)CCCCCCN1C(=O)CC[C@@H]1CC[C@@H](O)[C@@H](C)CCCc1ccccc1. The Morgan fingerprint density at radius 3 is 2.61 bits per heavy atom. The molecule has 1 N–H and O–H groups in total. The fourth-order valence-corrected chi connectivity index (χ4v) is 4.52. The molecule has 1 aliphatic rings. The first-order valence-corrected chi connectivity index (χ1v) is 12.1. The first-order chi connectivity index (χ1) is 15.0. The molecule has 1 aliphatic heterocycles. The second kappa shape index (κ2) is 14.2. The van der Waals surface area contributed by atoms with Crippen molar-refractivity contribution in [2.75, 3.05) is 13.7 Å². The zero-order chi connectivity index (χ0) is 22.5. The van der Waals surface area contributed by atoms with E-state index in [0.717, 1.165) is 70.8 Å². The van der Waals surface area contributed by atoms with Crippen molar-refractivity contribution in [2.24, 2.45) is 5.92 Å². The van der Waals surface area contributed by atoms with Crippen LogP contribution in [0.3, 0.4) is 0 Å². The van der Waals surface area contributed by atoms with Gasteiger partial charge in [0, 0.05) is 25.4 Å². The molecule has 0 unspecified atom stereocenters. The van der Waals surface area contributed by atoms with Crippen molar-refractivity contribution in [3.63, 3.8) is 0 Å². The summed E-state index contributed by atoms with van der Waals surface area (Å²) in [6, 6.07) is 10.8. The Morgan fingerprint density at radius 1 is 1.13 bits per heavy atom. The highest BCUT2D eigenvalue weighted by atomic mass is 16.5. The van der Waals surface area contributed by atoms with Crippen molar-refractivity contribution in [1.82, 2.24) is 4.90 Å². The first kappa shape index (κ1) is 25.4. The van der Waals surface area contributed by atoms with Crippen LogP contribution in [0.25, 0.3) is 0 Å². The molecule has 0 aromatic heterocycles. The lowest BCUT2D eigenvalue weighted by Gasteiger charge is -2.27. The maximum atomic E-state index is 12.3. The maximum absolute atomic E-state index is 12.3. The molecular weight excluding hydrogens is 390 g/mol. The van der Waals surface area contributed by atoms with Crippen molar-refractivity contribution in [3.8, 4) is 0 Å². The van der Waals surface area contributed by atoms with Crippen molar-refractivity contribution in [3.05, 3.63) is 35.9 Å². The van der Waals surface area contributed by atoms with Gasteiger partial charge < -0.3 is 14.7 Å². The maximum Gasteiger partial charge on any atom is 0.305 e. The fourth-order valence-electron chi connectivity index (χ4n) is 4.52. The average molecular weight is 432 g/mol. The Kier molecular flexibility index (Phi) is 11.7. The molecule has 0 bridgehead atoms. The van der Waals surface area contributed by atoms with Crippen molar-refractivity contribution >= 4 is 11.9 Å². The number of unbranched alkanes of at least 4 members (excludes halogenated alkanes) is 3. The van der Waals surface area contributed by atoms with E-state index in [1.165, 1.54) is 12.7 Å². The van der Waals surface area contributed by atoms with E-state index in [4.69, 9.17) is 0 Å². The number of aryl methyl sites for hydroxylation is 1. The topological polar surface area (TPSA) is 66.8 Å². The Bertz CT molecular complexity index is 648. The van der Waals surface area contributed by atoms with Crippen LogP contribution in [0, 0.1) is 5.92 Å². The lowest BCUT2D eigenvalue weighted by molar-refractivity contribution is -0.140. The summed E-state index contributed by atoms with van der Waals surface area (Å²) in [5.74, 6) is 0.386.